The Morgan fingerprint density at radius 3 is 2.90 bits per heavy atom. The van der Waals surface area contributed by atoms with Crippen LogP contribution in [0.3, 0.4) is 0 Å². The van der Waals surface area contributed by atoms with Crippen LogP contribution in [0.25, 0.3) is 10.9 Å². The van der Waals surface area contributed by atoms with Gasteiger partial charge in [0.2, 0.25) is 5.91 Å². The van der Waals surface area contributed by atoms with Crippen LogP contribution in [0.5, 0.6) is 0 Å². The number of amides is 1. The predicted molar refractivity (Wildman–Crippen MR) is 125 cm³/mol. The van der Waals surface area contributed by atoms with Crippen LogP contribution < -0.4 is 5.56 Å². The van der Waals surface area contributed by atoms with E-state index in [1.54, 1.807) is 17.7 Å². The average molecular weight is 494 g/mol. The van der Waals surface area contributed by atoms with Crippen LogP contribution in [-0.4, -0.2) is 46.4 Å². The van der Waals surface area contributed by atoms with Crippen molar-refractivity contribution in [3.63, 3.8) is 0 Å². The van der Waals surface area contributed by atoms with Gasteiger partial charge in [-0.1, -0.05) is 40.7 Å². The summed E-state index contributed by atoms with van der Waals surface area (Å²) >= 11 is 4.74. The predicted octanol–water partition coefficient (Wildman–Crippen LogP) is 4.59. The number of methoxy groups -OCH3 is 1. The Kier molecular flexibility index (Phi) is 8.53. The molecule has 0 saturated carbocycles. The zero-order chi connectivity index (χ0) is 21.5. The van der Waals surface area contributed by atoms with Gasteiger partial charge >= 0.3 is 0 Å². The lowest BCUT2D eigenvalue weighted by atomic mass is 10.0. The van der Waals surface area contributed by atoms with Gasteiger partial charge in [0.1, 0.15) is 0 Å². The Morgan fingerprint density at radius 2 is 2.20 bits per heavy atom. The first kappa shape index (κ1) is 23.0. The van der Waals surface area contributed by atoms with Crippen molar-refractivity contribution in [3.05, 3.63) is 44.8 Å². The van der Waals surface area contributed by atoms with E-state index < -0.39 is 0 Å². The number of carbonyl (C=O) groups excluding carboxylic acids is 1. The van der Waals surface area contributed by atoms with Gasteiger partial charge in [-0.25, -0.2) is 4.98 Å². The Bertz CT molecular complexity index is 989. The molecule has 0 aliphatic heterocycles. The molecule has 6 nitrogen and oxygen atoms in total. The fraction of sp³-hybridized carbons (Fsp3) is 0.500. The van der Waals surface area contributed by atoms with Crippen molar-refractivity contribution >= 4 is 44.5 Å². The molecule has 162 valence electrons. The highest BCUT2D eigenvalue weighted by atomic mass is 79.9. The van der Waals surface area contributed by atoms with Gasteiger partial charge in [0.25, 0.3) is 5.56 Å². The molecule has 0 saturated heterocycles. The van der Waals surface area contributed by atoms with Crippen molar-refractivity contribution in [2.24, 2.45) is 0 Å². The number of aromatic nitrogens is 2. The van der Waals surface area contributed by atoms with Gasteiger partial charge < -0.3 is 9.64 Å². The van der Waals surface area contributed by atoms with Crippen LogP contribution in [0, 0.1) is 0 Å². The van der Waals surface area contributed by atoms with Crippen LogP contribution >= 0.6 is 27.7 Å². The van der Waals surface area contributed by atoms with Crippen LogP contribution in [0.15, 0.2) is 44.4 Å². The number of hydrogen-bond acceptors (Lipinski definition) is 5. The zero-order valence-electron chi connectivity index (χ0n) is 17.5. The Hall–Kier alpha value is -1.64. The zero-order valence-corrected chi connectivity index (χ0v) is 19.9. The lowest BCUT2D eigenvalue weighted by Crippen LogP contribution is -2.33. The first-order valence-corrected chi connectivity index (χ1v) is 12.1. The summed E-state index contributed by atoms with van der Waals surface area (Å²) < 4.78 is 7.62. The summed E-state index contributed by atoms with van der Waals surface area (Å²) in [4.78, 5) is 32.7. The summed E-state index contributed by atoms with van der Waals surface area (Å²) in [7, 11) is 1.60. The third-order valence-corrected chi connectivity index (χ3v) is 6.54. The van der Waals surface area contributed by atoms with Crippen molar-refractivity contribution < 1.29 is 9.53 Å². The van der Waals surface area contributed by atoms with E-state index in [0.29, 0.717) is 29.2 Å². The van der Waals surface area contributed by atoms with Crippen molar-refractivity contribution in [1.82, 2.24) is 14.5 Å². The van der Waals surface area contributed by atoms with Crippen LogP contribution in [0.2, 0.25) is 0 Å². The summed E-state index contributed by atoms with van der Waals surface area (Å²) in [5, 5.41) is 1.10. The Morgan fingerprint density at radius 1 is 1.37 bits per heavy atom. The molecular weight excluding hydrogens is 466 g/mol. The molecule has 0 spiro atoms. The standard InChI is InChI=1S/C22H28BrN3O3S/c1-3-11-25(17-7-5-4-6-8-17)20(27)15-30-22-24-19-10-9-16(23)14-18(19)21(28)26(22)12-13-29-2/h7,9-10,14H,3-6,8,11-13,15H2,1-2H3. The number of ether oxygens (including phenoxy) is 1. The minimum atomic E-state index is -0.117. The number of halogens is 1. The monoisotopic (exact) mass is 493 g/mol. The lowest BCUT2D eigenvalue weighted by Gasteiger charge is -2.27. The number of rotatable bonds is 9. The summed E-state index contributed by atoms with van der Waals surface area (Å²) in [6, 6.07) is 5.47. The van der Waals surface area contributed by atoms with Crippen molar-refractivity contribution in [3.8, 4) is 0 Å². The molecule has 0 fully saturated rings. The first-order chi connectivity index (χ1) is 14.5. The number of nitrogens with zero attached hydrogens (tertiary/aromatic N) is 3. The smallest absolute Gasteiger partial charge is 0.262 e. The number of allylic oxidation sites excluding steroid dienone is 2. The highest BCUT2D eigenvalue weighted by molar-refractivity contribution is 9.10. The molecule has 1 aliphatic carbocycles. The summed E-state index contributed by atoms with van der Waals surface area (Å²) in [6.45, 7) is 3.60. The topological polar surface area (TPSA) is 64.4 Å². The SMILES string of the molecule is CCCN(C(=O)CSc1nc2ccc(Br)cc2c(=O)n1CCOC)C1=CCCCC1. The molecule has 1 aromatic heterocycles. The van der Waals surface area contributed by atoms with Gasteiger partial charge in [0, 0.05) is 23.8 Å². The Labute approximate surface area is 189 Å². The molecule has 0 radical (unpaired) electrons. The molecular formula is C22H28BrN3O3S. The van der Waals surface area contributed by atoms with Crippen LogP contribution in [0.4, 0.5) is 0 Å². The fourth-order valence-electron chi connectivity index (χ4n) is 3.59. The molecule has 1 aliphatic rings. The second-order valence-electron chi connectivity index (χ2n) is 7.28. The highest BCUT2D eigenvalue weighted by Gasteiger charge is 2.20. The Balaban J connectivity index is 1.86. The molecule has 0 N–H and O–H groups in total. The minimum absolute atomic E-state index is 0.0680. The molecule has 0 unspecified atom stereocenters. The fourth-order valence-corrected chi connectivity index (χ4v) is 4.85. The molecule has 3 rings (SSSR count). The van der Waals surface area contributed by atoms with Crippen LogP contribution in [-0.2, 0) is 16.1 Å². The van der Waals surface area contributed by atoms with Gasteiger partial charge in [0.15, 0.2) is 5.16 Å². The van der Waals surface area contributed by atoms with Crippen molar-refractivity contribution in [2.45, 2.75) is 50.7 Å². The van der Waals surface area contributed by atoms with E-state index in [9.17, 15) is 9.59 Å². The number of benzene rings is 1. The van der Waals surface area contributed by atoms with E-state index in [4.69, 9.17) is 4.74 Å². The van der Waals surface area contributed by atoms with Crippen molar-refractivity contribution in [2.75, 3.05) is 26.0 Å². The molecule has 1 aromatic carbocycles. The van der Waals surface area contributed by atoms with Gasteiger partial charge in [-0.3, -0.25) is 14.2 Å². The third kappa shape index (κ3) is 5.53. The normalized spacial score (nSPS) is 14.0. The van der Waals surface area contributed by atoms with Gasteiger partial charge in [-0.15, -0.1) is 0 Å². The maximum absolute atomic E-state index is 13.1. The maximum atomic E-state index is 13.1. The van der Waals surface area contributed by atoms with E-state index in [1.807, 2.05) is 17.0 Å². The quantitative estimate of drug-likeness (QED) is 0.377. The summed E-state index contributed by atoms with van der Waals surface area (Å²) in [5.74, 6) is 0.317. The first-order valence-electron chi connectivity index (χ1n) is 10.4. The van der Waals surface area contributed by atoms with Gasteiger partial charge in [0.05, 0.1) is 29.8 Å². The number of hydrogen-bond donors (Lipinski definition) is 0. The van der Waals surface area contributed by atoms with Gasteiger partial charge in [-0.05, 0) is 50.3 Å². The number of fused-ring (bicyclic) bond motifs is 1. The maximum Gasteiger partial charge on any atom is 0.262 e. The second kappa shape index (κ2) is 11.1. The van der Waals surface area contributed by atoms with E-state index >= 15 is 0 Å². The molecule has 1 amide bonds. The van der Waals surface area contributed by atoms with E-state index in [0.717, 1.165) is 42.4 Å². The largest absolute Gasteiger partial charge is 0.383 e. The molecule has 1 heterocycles. The molecule has 30 heavy (non-hydrogen) atoms. The summed E-state index contributed by atoms with van der Waals surface area (Å²) in [6.07, 6.45) is 7.42. The third-order valence-electron chi connectivity index (χ3n) is 5.09. The number of thioether (sulfide) groups is 1. The molecule has 0 atom stereocenters. The minimum Gasteiger partial charge on any atom is -0.383 e. The van der Waals surface area contributed by atoms with Crippen LogP contribution in [0.1, 0.15) is 39.0 Å². The van der Waals surface area contributed by atoms with E-state index in [1.165, 1.54) is 18.2 Å². The number of carbonyl (C=O) groups is 1. The average Bonchev–Trinajstić information content (AvgIpc) is 2.76. The highest BCUT2D eigenvalue weighted by Crippen LogP contribution is 2.24. The molecule has 8 heteroatoms. The molecule has 0 bridgehead atoms. The van der Waals surface area contributed by atoms with Crippen molar-refractivity contribution in [1.29, 1.82) is 0 Å². The van der Waals surface area contributed by atoms with E-state index in [2.05, 4.69) is 33.9 Å². The second-order valence-corrected chi connectivity index (χ2v) is 9.14. The van der Waals surface area contributed by atoms with E-state index in [-0.39, 0.29) is 17.2 Å². The summed E-state index contributed by atoms with van der Waals surface area (Å²) in [5.41, 5.74) is 1.66. The van der Waals surface area contributed by atoms with Gasteiger partial charge in [-0.2, -0.15) is 0 Å². The lowest BCUT2D eigenvalue weighted by molar-refractivity contribution is -0.126. The molecule has 2 aromatic rings.